The topological polar surface area (TPSA) is 52.3 Å². The minimum atomic E-state index is -0.495. The van der Waals surface area contributed by atoms with E-state index in [1.807, 2.05) is 0 Å². The van der Waals surface area contributed by atoms with Crippen LogP contribution in [0, 0.1) is 5.92 Å². The molecule has 0 saturated carbocycles. The zero-order valence-corrected chi connectivity index (χ0v) is 12.2. The lowest BCUT2D eigenvalue weighted by molar-refractivity contribution is -0.142. The first-order chi connectivity index (χ1) is 9.02. The first kappa shape index (κ1) is 15.7. The molecule has 0 fully saturated rings. The van der Waals surface area contributed by atoms with Crippen molar-refractivity contribution in [3.63, 3.8) is 0 Å². The molecule has 0 amide bonds. The van der Waals surface area contributed by atoms with Gasteiger partial charge in [0.2, 0.25) is 0 Å². The summed E-state index contributed by atoms with van der Waals surface area (Å²) in [6.45, 7) is 4.45. The monoisotopic (exact) mass is 263 g/mol. The van der Waals surface area contributed by atoms with Gasteiger partial charge in [-0.1, -0.05) is 38.1 Å². The standard InChI is InChI=1S/C16H25NO2/c1-12(2)11-14-9-7-13(8-10-14)5-4-6-15(17)16(18)19-3/h7-10,12,15H,4-6,11,17H2,1-3H3. The second kappa shape index (κ2) is 7.95. The molecule has 2 N–H and O–H groups in total. The molecule has 1 rings (SSSR count). The van der Waals surface area contributed by atoms with Crippen LogP contribution < -0.4 is 5.73 Å². The van der Waals surface area contributed by atoms with Crippen molar-refractivity contribution < 1.29 is 9.53 Å². The summed E-state index contributed by atoms with van der Waals surface area (Å²) in [5, 5.41) is 0. The highest BCUT2D eigenvalue weighted by atomic mass is 16.5. The third-order valence-corrected chi connectivity index (χ3v) is 3.15. The molecule has 19 heavy (non-hydrogen) atoms. The minimum absolute atomic E-state index is 0.327. The van der Waals surface area contributed by atoms with E-state index in [0.29, 0.717) is 12.3 Å². The van der Waals surface area contributed by atoms with E-state index >= 15 is 0 Å². The van der Waals surface area contributed by atoms with Crippen molar-refractivity contribution in [2.45, 2.75) is 45.6 Å². The Hall–Kier alpha value is -1.35. The molecule has 3 heteroatoms. The lowest BCUT2D eigenvalue weighted by Gasteiger charge is -2.09. The number of rotatable bonds is 7. The highest BCUT2D eigenvalue weighted by Crippen LogP contribution is 2.12. The van der Waals surface area contributed by atoms with Crippen molar-refractivity contribution in [2.24, 2.45) is 11.7 Å². The van der Waals surface area contributed by atoms with Crippen molar-refractivity contribution in [1.29, 1.82) is 0 Å². The van der Waals surface area contributed by atoms with Gasteiger partial charge in [0.1, 0.15) is 6.04 Å². The molecule has 0 aliphatic rings. The molecule has 0 bridgehead atoms. The first-order valence-corrected chi connectivity index (χ1v) is 6.94. The van der Waals surface area contributed by atoms with E-state index in [0.717, 1.165) is 19.3 Å². The fourth-order valence-electron chi connectivity index (χ4n) is 2.11. The third kappa shape index (κ3) is 5.88. The number of aryl methyl sites for hydroxylation is 1. The maximum atomic E-state index is 11.2. The summed E-state index contributed by atoms with van der Waals surface area (Å²) in [7, 11) is 1.37. The molecule has 1 aromatic carbocycles. The van der Waals surface area contributed by atoms with Crippen LogP contribution >= 0.6 is 0 Å². The first-order valence-electron chi connectivity index (χ1n) is 6.94. The molecule has 106 valence electrons. The Bertz CT molecular complexity index is 384. The average molecular weight is 263 g/mol. The molecule has 1 aromatic rings. The predicted molar refractivity (Wildman–Crippen MR) is 77.9 cm³/mol. The van der Waals surface area contributed by atoms with Gasteiger partial charge in [0.15, 0.2) is 0 Å². The molecule has 0 spiro atoms. The van der Waals surface area contributed by atoms with E-state index in [1.54, 1.807) is 0 Å². The molecule has 1 unspecified atom stereocenters. The maximum Gasteiger partial charge on any atom is 0.322 e. The summed E-state index contributed by atoms with van der Waals surface area (Å²) in [6.07, 6.45) is 3.64. The molecule has 0 aromatic heterocycles. The van der Waals surface area contributed by atoms with E-state index < -0.39 is 6.04 Å². The van der Waals surface area contributed by atoms with E-state index in [1.165, 1.54) is 18.2 Å². The smallest absolute Gasteiger partial charge is 0.322 e. The van der Waals surface area contributed by atoms with Crippen molar-refractivity contribution in [1.82, 2.24) is 0 Å². The van der Waals surface area contributed by atoms with Gasteiger partial charge in [-0.3, -0.25) is 4.79 Å². The molecule has 0 aliphatic heterocycles. The Kier molecular flexibility index (Phi) is 6.57. The van der Waals surface area contributed by atoms with Crippen LogP contribution in [0.15, 0.2) is 24.3 Å². The van der Waals surface area contributed by atoms with Gasteiger partial charge in [0.25, 0.3) is 0 Å². The molecule has 0 aliphatic carbocycles. The quantitative estimate of drug-likeness (QED) is 0.770. The number of nitrogens with two attached hydrogens (primary N) is 1. The normalized spacial score (nSPS) is 12.5. The van der Waals surface area contributed by atoms with Crippen LogP contribution in [0.1, 0.15) is 37.8 Å². The molecule has 3 nitrogen and oxygen atoms in total. The number of benzene rings is 1. The van der Waals surface area contributed by atoms with Gasteiger partial charge >= 0.3 is 5.97 Å². The van der Waals surface area contributed by atoms with Gasteiger partial charge in [-0.05, 0) is 42.7 Å². The summed E-state index contributed by atoms with van der Waals surface area (Å²) < 4.78 is 4.60. The second-order valence-corrected chi connectivity index (χ2v) is 5.44. The van der Waals surface area contributed by atoms with Gasteiger partial charge in [0, 0.05) is 0 Å². The lowest BCUT2D eigenvalue weighted by atomic mass is 9.99. The van der Waals surface area contributed by atoms with Crippen LogP contribution in [0.2, 0.25) is 0 Å². The minimum Gasteiger partial charge on any atom is -0.468 e. The molecular weight excluding hydrogens is 238 g/mol. The summed E-state index contributed by atoms with van der Waals surface area (Å²) in [5.41, 5.74) is 8.37. The summed E-state index contributed by atoms with van der Waals surface area (Å²) in [4.78, 5) is 11.2. The predicted octanol–water partition coefficient (Wildman–Crippen LogP) is 2.71. The van der Waals surface area contributed by atoms with Crippen LogP contribution in [-0.4, -0.2) is 19.1 Å². The van der Waals surface area contributed by atoms with Crippen LogP contribution in [0.25, 0.3) is 0 Å². The molecule has 0 radical (unpaired) electrons. The Morgan fingerprint density at radius 1 is 1.21 bits per heavy atom. The van der Waals surface area contributed by atoms with Gasteiger partial charge in [-0.25, -0.2) is 0 Å². The number of methoxy groups -OCH3 is 1. The summed E-state index contributed by atoms with van der Waals surface area (Å²) >= 11 is 0. The Morgan fingerprint density at radius 2 is 1.79 bits per heavy atom. The Morgan fingerprint density at radius 3 is 2.32 bits per heavy atom. The molecular formula is C16H25NO2. The molecule has 1 atom stereocenters. The van der Waals surface area contributed by atoms with Crippen LogP contribution in [0.5, 0.6) is 0 Å². The van der Waals surface area contributed by atoms with Crippen molar-refractivity contribution >= 4 is 5.97 Å². The van der Waals surface area contributed by atoms with Crippen molar-refractivity contribution in [2.75, 3.05) is 7.11 Å². The largest absolute Gasteiger partial charge is 0.468 e. The van der Waals surface area contributed by atoms with Gasteiger partial charge < -0.3 is 10.5 Å². The van der Waals surface area contributed by atoms with Gasteiger partial charge in [-0.15, -0.1) is 0 Å². The SMILES string of the molecule is COC(=O)C(N)CCCc1ccc(CC(C)C)cc1. The Balaban J connectivity index is 2.36. The number of hydrogen-bond donors (Lipinski definition) is 1. The van der Waals surface area contributed by atoms with Crippen LogP contribution in [0.3, 0.4) is 0 Å². The van der Waals surface area contributed by atoms with Crippen LogP contribution in [-0.2, 0) is 22.4 Å². The fourth-order valence-corrected chi connectivity index (χ4v) is 2.11. The molecule has 0 saturated heterocycles. The highest BCUT2D eigenvalue weighted by molar-refractivity contribution is 5.75. The van der Waals surface area contributed by atoms with E-state index in [4.69, 9.17) is 5.73 Å². The van der Waals surface area contributed by atoms with Gasteiger partial charge in [-0.2, -0.15) is 0 Å². The van der Waals surface area contributed by atoms with Crippen molar-refractivity contribution in [3.8, 4) is 0 Å². The number of carbonyl (C=O) groups is 1. The van der Waals surface area contributed by atoms with Crippen molar-refractivity contribution in [3.05, 3.63) is 35.4 Å². The fraction of sp³-hybridized carbons (Fsp3) is 0.562. The van der Waals surface area contributed by atoms with Gasteiger partial charge in [0.05, 0.1) is 7.11 Å². The maximum absolute atomic E-state index is 11.2. The Labute approximate surface area is 116 Å². The molecule has 0 heterocycles. The number of carbonyl (C=O) groups excluding carboxylic acids is 1. The zero-order valence-electron chi connectivity index (χ0n) is 12.2. The number of hydrogen-bond acceptors (Lipinski definition) is 3. The van der Waals surface area contributed by atoms with E-state index in [2.05, 4.69) is 42.8 Å². The third-order valence-electron chi connectivity index (χ3n) is 3.15. The number of esters is 1. The number of ether oxygens (including phenoxy) is 1. The average Bonchev–Trinajstić information content (AvgIpc) is 2.39. The van der Waals surface area contributed by atoms with E-state index in [-0.39, 0.29) is 5.97 Å². The second-order valence-electron chi connectivity index (χ2n) is 5.44. The van der Waals surface area contributed by atoms with E-state index in [9.17, 15) is 4.79 Å². The summed E-state index contributed by atoms with van der Waals surface area (Å²) in [6, 6.07) is 8.22. The zero-order chi connectivity index (χ0) is 14.3. The lowest BCUT2D eigenvalue weighted by Crippen LogP contribution is -2.31. The summed E-state index contributed by atoms with van der Waals surface area (Å²) in [5.74, 6) is 0.358. The highest BCUT2D eigenvalue weighted by Gasteiger charge is 2.12. The van der Waals surface area contributed by atoms with Crippen LogP contribution in [0.4, 0.5) is 0 Å².